The third kappa shape index (κ3) is 3.82. The maximum Gasteiger partial charge on any atom is 0.254 e. The third-order valence-electron chi connectivity index (χ3n) is 4.88. The van der Waals surface area contributed by atoms with Gasteiger partial charge in [0, 0.05) is 37.8 Å². The van der Waals surface area contributed by atoms with Gasteiger partial charge in [0.2, 0.25) is 10.0 Å². The lowest BCUT2D eigenvalue weighted by Crippen LogP contribution is -2.50. The number of fused-ring (bicyclic) bond motifs is 1. The molecule has 11 heteroatoms. The van der Waals surface area contributed by atoms with Crippen LogP contribution in [0.4, 0.5) is 8.78 Å². The van der Waals surface area contributed by atoms with Gasteiger partial charge in [-0.3, -0.25) is 4.79 Å². The average Bonchev–Trinajstić information content (AvgIpc) is 2.73. The summed E-state index contributed by atoms with van der Waals surface area (Å²) in [6, 6.07) is 5.34. The number of halogens is 3. The number of sulfonamides is 1. The Bertz CT molecular complexity index is 1100. The Kier molecular flexibility index (Phi) is 5.56. The third-order valence-corrected chi connectivity index (χ3v) is 7.09. The lowest BCUT2D eigenvalue weighted by molar-refractivity contribution is 0.0696. The van der Waals surface area contributed by atoms with Crippen LogP contribution < -0.4 is 9.47 Å². The lowest BCUT2D eigenvalue weighted by atomic mass is 10.1. The van der Waals surface area contributed by atoms with E-state index in [-0.39, 0.29) is 37.1 Å². The normalized spacial score (nSPS) is 17.1. The zero-order valence-electron chi connectivity index (χ0n) is 15.6. The lowest BCUT2D eigenvalue weighted by Gasteiger charge is -2.34. The Morgan fingerprint density at radius 1 is 1.00 bits per heavy atom. The fourth-order valence-electron chi connectivity index (χ4n) is 3.37. The summed E-state index contributed by atoms with van der Waals surface area (Å²) in [6.07, 6.45) is 0. The molecule has 7 nitrogen and oxygen atoms in total. The van der Waals surface area contributed by atoms with Crippen molar-refractivity contribution in [3.05, 3.63) is 52.6 Å². The molecule has 1 amide bonds. The molecule has 2 aromatic rings. The highest BCUT2D eigenvalue weighted by atomic mass is 35.5. The molecule has 0 unspecified atom stereocenters. The number of rotatable bonds is 3. The molecule has 0 N–H and O–H groups in total. The first-order valence-electron chi connectivity index (χ1n) is 9.11. The maximum absolute atomic E-state index is 14.0. The molecule has 0 bridgehead atoms. The largest absolute Gasteiger partial charge is 0.486 e. The van der Waals surface area contributed by atoms with Crippen LogP contribution >= 0.6 is 11.6 Å². The number of carbonyl (C=O) groups is 1. The number of nitrogens with zero attached hydrogens (tertiary/aromatic N) is 2. The van der Waals surface area contributed by atoms with Gasteiger partial charge in [-0.05, 0) is 24.3 Å². The van der Waals surface area contributed by atoms with Crippen LogP contribution in [0.3, 0.4) is 0 Å². The van der Waals surface area contributed by atoms with Gasteiger partial charge in [0.1, 0.15) is 29.7 Å². The molecule has 0 saturated carbocycles. The molecule has 2 aliphatic heterocycles. The molecule has 2 aromatic carbocycles. The van der Waals surface area contributed by atoms with E-state index in [0.29, 0.717) is 36.3 Å². The van der Waals surface area contributed by atoms with E-state index in [1.165, 1.54) is 11.0 Å². The predicted octanol–water partition coefficient (Wildman–Crippen LogP) is 2.54. The molecule has 4 rings (SSSR count). The highest BCUT2D eigenvalue weighted by Crippen LogP contribution is 2.38. The van der Waals surface area contributed by atoms with Crippen LogP contribution in [0.2, 0.25) is 5.02 Å². The number of hydrogen-bond acceptors (Lipinski definition) is 5. The van der Waals surface area contributed by atoms with Crippen molar-refractivity contribution in [2.24, 2.45) is 0 Å². The van der Waals surface area contributed by atoms with Crippen LogP contribution in [0, 0.1) is 11.6 Å². The molecule has 0 spiro atoms. The topological polar surface area (TPSA) is 76.2 Å². The summed E-state index contributed by atoms with van der Waals surface area (Å²) >= 11 is 6.18. The molecule has 2 aliphatic rings. The van der Waals surface area contributed by atoms with Gasteiger partial charge in [-0.2, -0.15) is 4.31 Å². The summed E-state index contributed by atoms with van der Waals surface area (Å²) in [4.78, 5) is 13.7. The van der Waals surface area contributed by atoms with Gasteiger partial charge in [0.25, 0.3) is 5.91 Å². The number of amides is 1. The van der Waals surface area contributed by atoms with Gasteiger partial charge in [0.15, 0.2) is 11.5 Å². The van der Waals surface area contributed by atoms with Gasteiger partial charge < -0.3 is 14.4 Å². The van der Waals surface area contributed by atoms with Crippen molar-refractivity contribution in [1.29, 1.82) is 0 Å². The molecular formula is C19H17ClF2N2O5S. The fraction of sp³-hybridized carbons (Fsp3) is 0.316. The van der Waals surface area contributed by atoms with Gasteiger partial charge in [-0.1, -0.05) is 11.6 Å². The van der Waals surface area contributed by atoms with Crippen molar-refractivity contribution >= 4 is 27.5 Å². The second-order valence-electron chi connectivity index (χ2n) is 6.75. The molecule has 1 saturated heterocycles. The molecule has 30 heavy (non-hydrogen) atoms. The van der Waals surface area contributed by atoms with Gasteiger partial charge >= 0.3 is 0 Å². The van der Waals surface area contributed by atoms with E-state index in [2.05, 4.69) is 0 Å². The summed E-state index contributed by atoms with van der Waals surface area (Å²) in [5, 5.41) is 0.253. The number of hydrogen-bond donors (Lipinski definition) is 0. The molecule has 160 valence electrons. The van der Waals surface area contributed by atoms with Crippen molar-refractivity contribution in [3.8, 4) is 11.5 Å². The van der Waals surface area contributed by atoms with E-state index in [0.717, 1.165) is 16.4 Å². The number of carbonyl (C=O) groups excluding carboxylic acids is 1. The van der Waals surface area contributed by atoms with Crippen LogP contribution in [0.5, 0.6) is 11.5 Å². The summed E-state index contributed by atoms with van der Waals surface area (Å²) in [5.74, 6) is -1.58. The van der Waals surface area contributed by atoms with E-state index in [4.69, 9.17) is 21.1 Å². The van der Waals surface area contributed by atoms with E-state index in [9.17, 15) is 22.0 Å². The minimum absolute atomic E-state index is 0.0246. The first-order chi connectivity index (χ1) is 14.3. The van der Waals surface area contributed by atoms with E-state index >= 15 is 0 Å². The summed E-state index contributed by atoms with van der Waals surface area (Å²) in [7, 11) is -4.15. The van der Waals surface area contributed by atoms with Crippen LogP contribution in [-0.2, 0) is 10.0 Å². The molecule has 2 heterocycles. The Labute approximate surface area is 176 Å². The molecule has 0 aliphatic carbocycles. The maximum atomic E-state index is 14.0. The van der Waals surface area contributed by atoms with E-state index in [1.54, 1.807) is 6.07 Å². The minimum atomic E-state index is -4.15. The molecule has 0 atom stereocenters. The quantitative estimate of drug-likeness (QED) is 0.706. The van der Waals surface area contributed by atoms with Crippen LogP contribution in [-0.4, -0.2) is 62.9 Å². The van der Waals surface area contributed by atoms with Crippen LogP contribution in [0.15, 0.2) is 35.2 Å². The zero-order valence-corrected chi connectivity index (χ0v) is 17.2. The Hall–Kier alpha value is -2.43. The highest BCUT2D eigenvalue weighted by molar-refractivity contribution is 7.89. The van der Waals surface area contributed by atoms with E-state index in [1.807, 2.05) is 0 Å². The van der Waals surface area contributed by atoms with Crippen molar-refractivity contribution in [2.45, 2.75) is 4.90 Å². The Morgan fingerprint density at radius 3 is 2.40 bits per heavy atom. The summed E-state index contributed by atoms with van der Waals surface area (Å²) in [5.41, 5.74) is 0.296. The average molecular weight is 459 g/mol. The number of benzene rings is 2. The van der Waals surface area contributed by atoms with Crippen molar-refractivity contribution < 1.29 is 31.5 Å². The fourth-order valence-corrected chi connectivity index (χ4v) is 5.10. The predicted molar refractivity (Wildman–Crippen MR) is 103 cm³/mol. The van der Waals surface area contributed by atoms with Gasteiger partial charge in [0.05, 0.1) is 5.02 Å². The number of piperazine rings is 1. The zero-order chi connectivity index (χ0) is 21.5. The van der Waals surface area contributed by atoms with Gasteiger partial charge in [-0.15, -0.1) is 0 Å². The second-order valence-corrected chi connectivity index (χ2v) is 9.07. The number of ether oxygens (including phenoxy) is 2. The highest BCUT2D eigenvalue weighted by Gasteiger charge is 2.33. The minimum Gasteiger partial charge on any atom is -0.486 e. The van der Waals surface area contributed by atoms with Crippen molar-refractivity contribution in [2.75, 3.05) is 39.4 Å². The smallest absolute Gasteiger partial charge is 0.254 e. The standard InChI is InChI=1S/C19H17ClF2N2O5S/c20-14-9-12(10-16-18(14)29-8-7-28-16)19(25)23-3-5-24(6-4-23)30(26,27)17-2-1-13(21)11-15(17)22/h1-2,9-11H,3-8H2. The SMILES string of the molecule is O=C(c1cc(Cl)c2c(c1)OCCO2)N1CCN(S(=O)(=O)c2ccc(F)cc2F)CC1. The van der Waals surface area contributed by atoms with E-state index < -0.39 is 26.6 Å². The van der Waals surface area contributed by atoms with Crippen LogP contribution in [0.25, 0.3) is 0 Å². The molecular weight excluding hydrogens is 442 g/mol. The Balaban J connectivity index is 1.48. The summed E-state index contributed by atoms with van der Waals surface area (Å²) in [6.45, 7) is 0.870. The second kappa shape index (κ2) is 8.01. The van der Waals surface area contributed by atoms with Gasteiger partial charge in [-0.25, -0.2) is 17.2 Å². The molecule has 0 aromatic heterocycles. The first kappa shape index (κ1) is 20.8. The Morgan fingerprint density at radius 2 is 1.70 bits per heavy atom. The first-order valence-corrected chi connectivity index (χ1v) is 10.9. The molecule has 0 radical (unpaired) electrons. The monoisotopic (exact) mass is 458 g/mol. The van der Waals surface area contributed by atoms with Crippen molar-refractivity contribution in [1.82, 2.24) is 9.21 Å². The van der Waals surface area contributed by atoms with Crippen molar-refractivity contribution in [3.63, 3.8) is 0 Å². The molecule has 1 fully saturated rings. The summed E-state index contributed by atoms with van der Waals surface area (Å²) < 4.78 is 64.4. The van der Waals surface area contributed by atoms with Crippen LogP contribution in [0.1, 0.15) is 10.4 Å².